The summed E-state index contributed by atoms with van der Waals surface area (Å²) in [7, 11) is -24.7. The third kappa shape index (κ3) is 11.9. The van der Waals surface area contributed by atoms with Crippen molar-refractivity contribution in [2.45, 2.75) is 0 Å². The molecule has 0 unspecified atom stereocenters. The summed E-state index contributed by atoms with van der Waals surface area (Å²) >= 11 is 0. The van der Waals surface area contributed by atoms with E-state index in [-0.39, 0.29) is 175 Å². The second kappa shape index (κ2) is 26.0. The molecule has 0 N–H and O–H groups in total. The fourth-order valence-electron chi connectivity index (χ4n) is 1.06. The first-order valence-corrected chi connectivity index (χ1v) is 22.9. The van der Waals surface area contributed by atoms with E-state index in [9.17, 15) is 0 Å². The van der Waals surface area contributed by atoms with Gasteiger partial charge in [-0.3, -0.25) is 0 Å². The number of rotatable bonds is 0. The van der Waals surface area contributed by atoms with Crippen LogP contribution in [0.2, 0.25) is 0 Å². The van der Waals surface area contributed by atoms with E-state index in [1.807, 2.05) is 0 Å². The third-order valence-electron chi connectivity index (χ3n) is 4.74. The van der Waals surface area contributed by atoms with E-state index >= 15 is 0 Å². The first-order valence-electron chi connectivity index (χ1n) is 9.61. The van der Waals surface area contributed by atoms with Gasteiger partial charge in [0.05, 0.1) is 0 Å². The van der Waals surface area contributed by atoms with Gasteiger partial charge in [0, 0.05) is 39.0 Å². The molecule has 0 amide bonds. The molecule has 0 aliphatic carbocycles. The van der Waals surface area contributed by atoms with Gasteiger partial charge in [-0.05, 0) is 0 Å². The first-order chi connectivity index (χ1) is 23.9. The fraction of sp³-hybridized carbons (Fsp3) is 0. The van der Waals surface area contributed by atoms with E-state index in [1.165, 1.54) is 0 Å². The van der Waals surface area contributed by atoms with Crippen LogP contribution in [0.25, 0.3) is 0 Å². The van der Waals surface area contributed by atoms with Gasteiger partial charge in [0.15, 0.2) is 0 Å². The van der Waals surface area contributed by atoms with Gasteiger partial charge >= 0.3 is 425 Å². The second-order valence-electron chi connectivity index (χ2n) is 7.20. The minimum Gasteiger partial charge on any atom is 0 e. The zero-order chi connectivity index (χ0) is 42.6. The largest absolute Gasteiger partial charge is 2.00 e. The Morgan fingerprint density at radius 1 is 0.180 bits per heavy atom. The Kier molecular flexibility index (Phi) is 39.3. The molecule has 0 aromatic heterocycles. The number of hydrogen-bond donors (Lipinski definition) is 0. The SMILES string of the molecule is N#[C][Fe-3]([C]#N)([C]#N)([C]#N)([C]#N)[C]#N.N#[C][Fe-3]([C]#N)([C]#N)([C]#N)([C]#N)[C]#N.N#[C][Fe-4]([C]#N)([C]#N)([C]#N)([C]#N)[C]#N.N#[C][Fe-4]([C]#N)([C]#N)([C]#N)([C]#N)[C]#N.[Zn+2].[Zn+2].[Zn+2].[Zn+2].[Zn+2].[Zn+2].[Zn+2].[Zn].[Zn]. The zero-order valence-electron chi connectivity index (χ0n) is 30.5. The molecule has 0 heterocycles. The molecule has 0 aromatic rings. The summed E-state index contributed by atoms with van der Waals surface area (Å²) in [5, 5.41) is 206. The van der Waals surface area contributed by atoms with Crippen molar-refractivity contribution in [3.05, 3.63) is 0 Å². The third-order valence-corrected chi connectivity index (χ3v) is 19.6. The maximum atomic E-state index is 8.58. The van der Waals surface area contributed by atoms with Crippen LogP contribution >= 0.6 is 0 Å². The molecule has 0 aliphatic rings. The van der Waals surface area contributed by atoms with E-state index in [0.717, 1.165) is 119 Å². The van der Waals surface area contributed by atoms with Gasteiger partial charge in [0.25, 0.3) is 0 Å². The van der Waals surface area contributed by atoms with E-state index in [2.05, 4.69) is 0 Å². The Morgan fingerprint density at radius 2 is 0.246 bits per heavy atom. The van der Waals surface area contributed by atoms with E-state index < -0.39 is 42.9 Å². The molecule has 24 nitrogen and oxygen atoms in total. The molecule has 37 heteroatoms. The monoisotopic (exact) mass is 1420 g/mol. The summed E-state index contributed by atoms with van der Waals surface area (Å²) < 4.78 is 0. The van der Waals surface area contributed by atoms with Gasteiger partial charge in [0.1, 0.15) is 0 Å². The molecular formula is C24Fe4N24Zn9. The number of hydrogen-bond acceptors (Lipinski definition) is 24. The van der Waals surface area contributed by atoms with Crippen molar-refractivity contribution in [2.24, 2.45) is 0 Å². The standard InChI is InChI=1S/24CN.4Fe.9Zn/c24*1-2;;;;;;;;;;;;;/q;;;;;;;;;;;;;;;;;;;;;;;;2*-4;2*-3;;;7*+2. The van der Waals surface area contributed by atoms with Crippen LogP contribution in [0.5, 0.6) is 0 Å². The zero-order valence-corrected chi connectivity index (χ0v) is 61.6. The first kappa shape index (κ1) is 91.9. The summed E-state index contributed by atoms with van der Waals surface area (Å²) in [6, 6.07) is 0. The molecule has 0 aliphatic heterocycles. The molecule has 0 saturated heterocycles. The van der Waals surface area contributed by atoms with Gasteiger partial charge in [0.2, 0.25) is 0 Å². The van der Waals surface area contributed by atoms with Crippen molar-refractivity contribution in [3.63, 3.8) is 0 Å². The maximum Gasteiger partial charge on any atom is 2.00 e. The van der Waals surface area contributed by atoms with Gasteiger partial charge in [-0.15, -0.1) is 0 Å². The molecule has 0 rings (SSSR count). The van der Waals surface area contributed by atoms with Crippen LogP contribution < -0.4 is 0 Å². The van der Waals surface area contributed by atoms with Crippen molar-refractivity contribution in [2.75, 3.05) is 0 Å². The van der Waals surface area contributed by atoms with Crippen LogP contribution in [-0.4, -0.2) is 0 Å². The molecule has 0 fully saturated rings. The summed E-state index contributed by atoms with van der Waals surface area (Å²) in [5.74, 6) is 0. The molecule has 266 valence electrons. The molecule has 0 saturated carbocycles. The Bertz CT molecular complexity index is 1990. The van der Waals surface area contributed by atoms with Gasteiger partial charge in [-0.1, -0.05) is 0 Å². The minimum absolute atomic E-state index is 0. The van der Waals surface area contributed by atoms with E-state index in [4.69, 9.17) is 126 Å². The van der Waals surface area contributed by atoms with Crippen LogP contribution in [0.1, 0.15) is 0 Å². The van der Waals surface area contributed by atoms with E-state index in [0.29, 0.717) is 0 Å². The maximum absolute atomic E-state index is 8.58. The summed E-state index contributed by atoms with van der Waals surface area (Å²) in [6.45, 7) is 0. The molecular weight excluding hydrogens is 1440 g/mol. The Hall–Kier alpha value is -4.55. The van der Waals surface area contributed by atoms with Crippen molar-refractivity contribution in [3.8, 4) is 119 Å². The van der Waals surface area contributed by atoms with Gasteiger partial charge in [-0.25, -0.2) is 0 Å². The van der Waals surface area contributed by atoms with Crippen molar-refractivity contribution in [1.29, 1.82) is 126 Å². The van der Waals surface area contributed by atoms with Crippen molar-refractivity contribution < 1.29 is 218 Å². The number of nitriles is 24. The van der Waals surface area contributed by atoms with Gasteiger partial charge in [-0.2, -0.15) is 0 Å². The second-order valence-corrected chi connectivity index (χ2v) is 29.7. The fourth-order valence-corrected chi connectivity index (χ4v) is 4.37. The number of nitrogens with zero attached hydrogens (tertiary/aromatic N) is 24. The average molecular weight is 1440 g/mol. The summed E-state index contributed by atoms with van der Waals surface area (Å²) in [6.07, 6.45) is 0. The minimum atomic E-state index is -6.17. The molecule has 61 heavy (non-hydrogen) atoms. The van der Waals surface area contributed by atoms with Crippen molar-refractivity contribution in [1.82, 2.24) is 0 Å². The van der Waals surface area contributed by atoms with Crippen molar-refractivity contribution >= 4 is 0 Å². The molecule has 0 spiro atoms. The average Bonchev–Trinajstić information content (AvgIpc) is 3.27. The van der Waals surface area contributed by atoms with Crippen LogP contribution in [0.4, 0.5) is 0 Å². The molecule has 0 atom stereocenters. The van der Waals surface area contributed by atoms with Crippen LogP contribution in [0.3, 0.4) is 0 Å². The molecule has 0 bridgehead atoms. The van der Waals surface area contributed by atoms with Crippen LogP contribution in [0, 0.1) is 246 Å². The molecule has 0 radical (unpaired) electrons. The normalized spacial score (nSPS) is 11.4. The van der Waals surface area contributed by atoms with Crippen LogP contribution in [-0.2, 0) is 218 Å². The Balaban J connectivity index is -0.0000000436. The van der Waals surface area contributed by atoms with Gasteiger partial charge < -0.3 is 0 Å². The Labute approximate surface area is 456 Å². The predicted molar refractivity (Wildman–Crippen MR) is 135 cm³/mol. The summed E-state index contributed by atoms with van der Waals surface area (Å²) in [4.78, 5) is 24.8. The van der Waals surface area contributed by atoms with Crippen LogP contribution in [0.15, 0.2) is 0 Å². The predicted octanol–water partition coefficient (Wildman–Crippen LogP) is 0.370. The Morgan fingerprint density at radius 3 is 0.246 bits per heavy atom. The van der Waals surface area contributed by atoms with E-state index in [1.54, 1.807) is 0 Å². The topological polar surface area (TPSA) is 571 Å². The molecule has 0 aromatic carbocycles. The summed E-state index contributed by atoms with van der Waals surface area (Å²) in [5.41, 5.74) is 0. The smallest absolute Gasteiger partial charge is 0 e. The quantitative estimate of drug-likeness (QED) is 0.296.